The van der Waals surface area contributed by atoms with Crippen molar-refractivity contribution in [2.75, 3.05) is 18.6 Å². The molecule has 0 bridgehead atoms. The Morgan fingerprint density at radius 3 is 2.76 bits per heavy atom. The molecule has 0 saturated heterocycles. The van der Waals surface area contributed by atoms with E-state index < -0.39 is 0 Å². The molecular formula is C13H22ClNS2. The number of rotatable bonds is 9. The van der Waals surface area contributed by atoms with Crippen molar-refractivity contribution in [3.8, 4) is 0 Å². The highest BCUT2D eigenvalue weighted by Gasteiger charge is 2.06. The van der Waals surface area contributed by atoms with Gasteiger partial charge in [0.15, 0.2) is 0 Å². The maximum Gasteiger partial charge on any atom is 0.0931 e. The van der Waals surface area contributed by atoms with Gasteiger partial charge in [0.1, 0.15) is 0 Å². The Hall–Kier alpha value is 0.300. The lowest BCUT2D eigenvalue weighted by Crippen LogP contribution is -2.19. The van der Waals surface area contributed by atoms with Gasteiger partial charge < -0.3 is 5.32 Å². The number of nitrogens with one attached hydrogen (secondary N) is 1. The molecule has 1 aromatic heterocycles. The van der Waals surface area contributed by atoms with Gasteiger partial charge in [0, 0.05) is 6.04 Å². The van der Waals surface area contributed by atoms with Crippen molar-refractivity contribution < 1.29 is 0 Å². The van der Waals surface area contributed by atoms with Crippen molar-refractivity contribution in [2.45, 2.75) is 38.6 Å². The number of thiophene rings is 1. The van der Waals surface area contributed by atoms with Crippen LogP contribution in [-0.2, 0) is 0 Å². The number of hydrogen-bond acceptors (Lipinski definition) is 3. The first-order chi connectivity index (χ1) is 8.24. The third-order valence-corrected chi connectivity index (χ3v) is 4.62. The molecule has 0 aromatic carbocycles. The van der Waals surface area contributed by atoms with Crippen molar-refractivity contribution in [3.05, 3.63) is 21.3 Å². The summed E-state index contributed by atoms with van der Waals surface area (Å²) in [6.07, 6.45) is 7.51. The summed E-state index contributed by atoms with van der Waals surface area (Å²) in [5, 5.41) is 5.68. The van der Waals surface area contributed by atoms with E-state index >= 15 is 0 Å². The van der Waals surface area contributed by atoms with E-state index in [-0.39, 0.29) is 0 Å². The van der Waals surface area contributed by atoms with Crippen LogP contribution in [-0.4, -0.2) is 18.6 Å². The van der Waals surface area contributed by atoms with Gasteiger partial charge in [0.05, 0.1) is 4.34 Å². The van der Waals surface area contributed by atoms with Crippen LogP contribution in [0, 0.1) is 0 Å². The average Bonchev–Trinajstić information content (AvgIpc) is 2.74. The van der Waals surface area contributed by atoms with Crippen LogP contribution in [0.15, 0.2) is 11.4 Å². The van der Waals surface area contributed by atoms with Crippen LogP contribution in [0.3, 0.4) is 0 Å². The molecule has 0 amide bonds. The average molecular weight is 292 g/mol. The molecule has 4 heteroatoms. The highest BCUT2D eigenvalue weighted by Crippen LogP contribution is 2.24. The molecule has 1 nitrogen and oxygen atoms in total. The molecule has 1 atom stereocenters. The molecular weight excluding hydrogens is 270 g/mol. The van der Waals surface area contributed by atoms with Crippen LogP contribution in [0.1, 0.15) is 44.2 Å². The summed E-state index contributed by atoms with van der Waals surface area (Å²) >= 11 is 9.48. The van der Waals surface area contributed by atoms with Gasteiger partial charge in [-0.2, -0.15) is 11.8 Å². The molecule has 0 aliphatic rings. The van der Waals surface area contributed by atoms with Gasteiger partial charge in [0.25, 0.3) is 0 Å². The summed E-state index contributed by atoms with van der Waals surface area (Å²) in [6.45, 7) is 3.31. The Bertz CT molecular complexity index is 301. The number of halogens is 1. The van der Waals surface area contributed by atoms with Gasteiger partial charge in [-0.25, -0.2) is 0 Å². The lowest BCUT2D eigenvalue weighted by Gasteiger charge is -2.12. The fourth-order valence-corrected chi connectivity index (χ4v) is 3.19. The van der Waals surface area contributed by atoms with E-state index in [9.17, 15) is 0 Å². The van der Waals surface area contributed by atoms with Crippen LogP contribution < -0.4 is 5.32 Å². The molecule has 1 N–H and O–H groups in total. The molecule has 0 fully saturated rings. The fraction of sp³-hybridized carbons (Fsp3) is 0.692. The molecule has 0 aliphatic heterocycles. The fourth-order valence-electron chi connectivity index (χ4n) is 1.71. The van der Waals surface area contributed by atoms with Gasteiger partial charge in [-0.15, -0.1) is 11.3 Å². The molecule has 1 heterocycles. The van der Waals surface area contributed by atoms with E-state index in [0.717, 1.165) is 10.9 Å². The van der Waals surface area contributed by atoms with Crippen LogP contribution in [0.25, 0.3) is 0 Å². The summed E-state index contributed by atoms with van der Waals surface area (Å²) < 4.78 is 0.880. The van der Waals surface area contributed by atoms with E-state index in [2.05, 4.69) is 29.9 Å². The van der Waals surface area contributed by atoms with Crippen molar-refractivity contribution >= 4 is 34.7 Å². The summed E-state index contributed by atoms with van der Waals surface area (Å²) in [5.74, 6) is 1.30. The third kappa shape index (κ3) is 6.70. The SMILES string of the molecule is CSCCCCCCNC(C)c1csc(Cl)c1. The Kier molecular flexibility index (Phi) is 8.36. The zero-order chi connectivity index (χ0) is 12.5. The molecule has 98 valence electrons. The number of unbranched alkanes of at least 4 members (excludes halogenated alkanes) is 3. The number of thioether (sulfide) groups is 1. The quantitative estimate of drug-likeness (QED) is 0.644. The second-order valence-corrected chi connectivity index (χ2v) is 6.80. The normalized spacial score (nSPS) is 12.9. The van der Waals surface area contributed by atoms with Gasteiger partial charge in [-0.05, 0) is 55.3 Å². The Morgan fingerprint density at radius 2 is 2.12 bits per heavy atom. The van der Waals surface area contributed by atoms with Crippen LogP contribution in [0.2, 0.25) is 4.34 Å². The second-order valence-electron chi connectivity index (χ2n) is 4.27. The first-order valence-corrected chi connectivity index (χ1v) is 8.85. The minimum Gasteiger partial charge on any atom is -0.310 e. The maximum atomic E-state index is 5.93. The van der Waals surface area contributed by atoms with E-state index in [1.54, 1.807) is 11.3 Å². The predicted octanol–water partition coefficient (Wildman–Crippen LogP) is 4.98. The lowest BCUT2D eigenvalue weighted by atomic mass is 10.1. The molecule has 1 aromatic rings. The van der Waals surface area contributed by atoms with Crippen molar-refractivity contribution in [1.29, 1.82) is 0 Å². The van der Waals surface area contributed by atoms with Crippen LogP contribution in [0.4, 0.5) is 0 Å². The molecule has 17 heavy (non-hydrogen) atoms. The summed E-state index contributed by atoms with van der Waals surface area (Å²) in [7, 11) is 0. The minimum absolute atomic E-state index is 0.421. The molecule has 0 saturated carbocycles. The van der Waals surface area contributed by atoms with Gasteiger partial charge in [-0.1, -0.05) is 24.4 Å². The van der Waals surface area contributed by atoms with Crippen LogP contribution in [0.5, 0.6) is 0 Å². The zero-order valence-corrected chi connectivity index (χ0v) is 13.1. The van der Waals surface area contributed by atoms with E-state index in [4.69, 9.17) is 11.6 Å². The second kappa shape index (κ2) is 9.26. The maximum absolute atomic E-state index is 5.93. The Balaban J connectivity index is 2.03. The smallest absolute Gasteiger partial charge is 0.0931 e. The molecule has 0 radical (unpaired) electrons. The summed E-state index contributed by atoms with van der Waals surface area (Å²) in [6, 6.07) is 2.48. The largest absolute Gasteiger partial charge is 0.310 e. The lowest BCUT2D eigenvalue weighted by molar-refractivity contribution is 0.538. The Morgan fingerprint density at radius 1 is 1.35 bits per heavy atom. The zero-order valence-electron chi connectivity index (χ0n) is 10.7. The summed E-state index contributed by atoms with van der Waals surface area (Å²) in [5.41, 5.74) is 1.31. The van der Waals surface area contributed by atoms with Crippen molar-refractivity contribution in [1.82, 2.24) is 5.32 Å². The van der Waals surface area contributed by atoms with E-state index in [1.807, 2.05) is 11.8 Å². The van der Waals surface area contributed by atoms with E-state index in [1.165, 1.54) is 37.0 Å². The highest BCUT2D eigenvalue weighted by molar-refractivity contribution is 7.98. The Labute approximate surface area is 118 Å². The summed E-state index contributed by atoms with van der Waals surface area (Å²) in [4.78, 5) is 0. The minimum atomic E-state index is 0.421. The number of hydrogen-bond donors (Lipinski definition) is 1. The van der Waals surface area contributed by atoms with E-state index in [0.29, 0.717) is 6.04 Å². The molecule has 1 unspecified atom stereocenters. The van der Waals surface area contributed by atoms with Gasteiger partial charge >= 0.3 is 0 Å². The van der Waals surface area contributed by atoms with Crippen molar-refractivity contribution in [3.63, 3.8) is 0 Å². The predicted molar refractivity (Wildman–Crippen MR) is 82.6 cm³/mol. The highest BCUT2D eigenvalue weighted by atomic mass is 35.5. The first kappa shape index (κ1) is 15.4. The topological polar surface area (TPSA) is 12.0 Å². The molecule has 0 spiro atoms. The monoisotopic (exact) mass is 291 g/mol. The van der Waals surface area contributed by atoms with Crippen LogP contribution >= 0.6 is 34.7 Å². The van der Waals surface area contributed by atoms with Gasteiger partial charge in [-0.3, -0.25) is 0 Å². The molecule has 0 aliphatic carbocycles. The molecule has 1 rings (SSSR count). The van der Waals surface area contributed by atoms with Gasteiger partial charge in [0.2, 0.25) is 0 Å². The van der Waals surface area contributed by atoms with Crippen molar-refractivity contribution in [2.24, 2.45) is 0 Å². The first-order valence-electron chi connectivity index (χ1n) is 6.20. The standard InChI is InChI=1S/C13H22ClNS2/c1-11(12-9-13(14)17-10-12)15-7-5-3-4-6-8-16-2/h9-11,15H,3-8H2,1-2H3. The third-order valence-electron chi connectivity index (χ3n) is 2.81.